The number of rotatable bonds is 3. The molecule has 0 saturated carbocycles. The van der Waals surface area contributed by atoms with Gasteiger partial charge >= 0.3 is 0 Å². The average molecular weight is 231 g/mol. The highest BCUT2D eigenvalue weighted by Crippen LogP contribution is 2.22. The average Bonchev–Trinajstić information content (AvgIpc) is 2.15. The number of likely N-dealkylation sites (N-methyl/N-ethyl adjacent to an activating group) is 1. The molecule has 0 unspecified atom stereocenters. The molecule has 1 saturated heterocycles. The van der Waals surface area contributed by atoms with Gasteiger partial charge in [-0.1, -0.05) is 0 Å². The van der Waals surface area contributed by atoms with E-state index < -0.39 is 11.2 Å². The van der Waals surface area contributed by atoms with Crippen LogP contribution in [-0.4, -0.2) is 59.0 Å². The SMILES string of the molecule is CN(CC1(O)CCOCC1)C(=O)C(C)(C)O. The van der Waals surface area contributed by atoms with Gasteiger partial charge in [-0.15, -0.1) is 0 Å². The van der Waals surface area contributed by atoms with Crippen LogP contribution in [0.4, 0.5) is 0 Å². The first-order valence-electron chi connectivity index (χ1n) is 5.53. The number of ether oxygens (including phenoxy) is 1. The lowest BCUT2D eigenvalue weighted by molar-refractivity contribution is -0.152. The fraction of sp³-hybridized carbons (Fsp3) is 0.909. The van der Waals surface area contributed by atoms with Crippen molar-refractivity contribution in [1.82, 2.24) is 4.90 Å². The number of nitrogens with zero attached hydrogens (tertiary/aromatic N) is 1. The Morgan fingerprint density at radius 2 is 1.94 bits per heavy atom. The summed E-state index contributed by atoms with van der Waals surface area (Å²) in [4.78, 5) is 13.1. The highest BCUT2D eigenvalue weighted by atomic mass is 16.5. The Hall–Kier alpha value is -0.650. The molecule has 16 heavy (non-hydrogen) atoms. The summed E-state index contributed by atoms with van der Waals surface area (Å²) in [5, 5.41) is 19.8. The van der Waals surface area contributed by atoms with Gasteiger partial charge in [0.25, 0.3) is 5.91 Å². The van der Waals surface area contributed by atoms with Gasteiger partial charge in [0.1, 0.15) is 5.60 Å². The minimum absolute atomic E-state index is 0.235. The number of carbonyl (C=O) groups excluding carboxylic acids is 1. The van der Waals surface area contributed by atoms with Crippen LogP contribution in [0.1, 0.15) is 26.7 Å². The lowest BCUT2D eigenvalue weighted by Crippen LogP contribution is -2.51. The van der Waals surface area contributed by atoms with Gasteiger partial charge in [-0.25, -0.2) is 0 Å². The van der Waals surface area contributed by atoms with Crippen molar-refractivity contribution in [3.8, 4) is 0 Å². The van der Waals surface area contributed by atoms with Crippen LogP contribution < -0.4 is 0 Å². The summed E-state index contributed by atoms with van der Waals surface area (Å²) in [6.45, 7) is 4.15. The molecule has 0 aliphatic carbocycles. The van der Waals surface area contributed by atoms with E-state index in [0.29, 0.717) is 26.1 Å². The van der Waals surface area contributed by atoms with E-state index in [1.165, 1.54) is 18.7 Å². The molecule has 1 amide bonds. The summed E-state index contributed by atoms with van der Waals surface area (Å²) in [6.07, 6.45) is 1.05. The molecule has 0 bridgehead atoms. The minimum Gasteiger partial charge on any atom is -0.388 e. The van der Waals surface area contributed by atoms with E-state index in [1.54, 1.807) is 7.05 Å². The van der Waals surface area contributed by atoms with E-state index in [1.807, 2.05) is 0 Å². The van der Waals surface area contributed by atoms with Gasteiger partial charge in [0, 0.05) is 39.6 Å². The van der Waals surface area contributed by atoms with Crippen molar-refractivity contribution >= 4 is 5.91 Å². The van der Waals surface area contributed by atoms with Gasteiger partial charge in [0.2, 0.25) is 0 Å². The third-order valence-corrected chi connectivity index (χ3v) is 2.83. The van der Waals surface area contributed by atoms with E-state index >= 15 is 0 Å². The minimum atomic E-state index is -1.39. The summed E-state index contributed by atoms with van der Waals surface area (Å²) in [7, 11) is 1.59. The normalized spacial score (nSPS) is 20.6. The van der Waals surface area contributed by atoms with Crippen molar-refractivity contribution in [2.24, 2.45) is 0 Å². The zero-order valence-electron chi connectivity index (χ0n) is 10.2. The Bertz CT molecular complexity index is 253. The molecule has 1 aliphatic rings. The standard InChI is InChI=1S/C11H21NO4/c1-10(2,14)9(13)12(3)8-11(15)4-6-16-7-5-11/h14-15H,4-8H2,1-3H3. The molecule has 0 aromatic rings. The first kappa shape index (κ1) is 13.4. The molecule has 0 atom stereocenters. The smallest absolute Gasteiger partial charge is 0.253 e. The van der Waals surface area contributed by atoms with Crippen LogP contribution in [0.15, 0.2) is 0 Å². The summed E-state index contributed by atoms with van der Waals surface area (Å²) in [5.41, 5.74) is -2.27. The van der Waals surface area contributed by atoms with Crippen LogP contribution >= 0.6 is 0 Å². The lowest BCUT2D eigenvalue weighted by atomic mass is 9.93. The Kier molecular flexibility index (Phi) is 3.93. The van der Waals surface area contributed by atoms with Crippen molar-refractivity contribution in [3.05, 3.63) is 0 Å². The van der Waals surface area contributed by atoms with Crippen molar-refractivity contribution in [3.63, 3.8) is 0 Å². The number of aliphatic hydroxyl groups is 2. The van der Waals surface area contributed by atoms with Gasteiger partial charge in [0.05, 0.1) is 5.60 Å². The Morgan fingerprint density at radius 3 is 2.38 bits per heavy atom. The maximum Gasteiger partial charge on any atom is 0.253 e. The van der Waals surface area contributed by atoms with E-state index in [9.17, 15) is 15.0 Å². The third-order valence-electron chi connectivity index (χ3n) is 2.83. The Labute approximate surface area is 96.0 Å². The third kappa shape index (κ3) is 3.43. The molecular weight excluding hydrogens is 210 g/mol. The van der Waals surface area contributed by atoms with Crippen LogP contribution in [0.25, 0.3) is 0 Å². The number of carbonyl (C=O) groups is 1. The predicted octanol–water partition coefficient (Wildman–Crippen LogP) is -0.243. The zero-order valence-corrected chi connectivity index (χ0v) is 10.2. The highest BCUT2D eigenvalue weighted by molar-refractivity contribution is 5.83. The topological polar surface area (TPSA) is 70.0 Å². The first-order valence-corrected chi connectivity index (χ1v) is 5.53. The van der Waals surface area contributed by atoms with Crippen LogP contribution in [0.3, 0.4) is 0 Å². The lowest BCUT2D eigenvalue weighted by Gasteiger charge is -2.36. The van der Waals surface area contributed by atoms with Crippen molar-refractivity contribution in [2.75, 3.05) is 26.8 Å². The van der Waals surface area contributed by atoms with E-state index in [2.05, 4.69) is 0 Å². The second-order valence-corrected chi connectivity index (χ2v) is 5.06. The summed E-state index contributed by atoms with van der Waals surface area (Å²) < 4.78 is 5.16. The molecule has 1 aliphatic heterocycles. The second-order valence-electron chi connectivity index (χ2n) is 5.06. The van der Waals surface area contributed by atoms with Crippen LogP contribution in [0.5, 0.6) is 0 Å². The predicted molar refractivity (Wildman–Crippen MR) is 58.9 cm³/mol. The van der Waals surface area contributed by atoms with Gasteiger partial charge in [0.15, 0.2) is 0 Å². The second kappa shape index (κ2) is 4.69. The first-order chi connectivity index (χ1) is 7.25. The maximum absolute atomic E-state index is 11.7. The Morgan fingerprint density at radius 1 is 1.44 bits per heavy atom. The molecule has 1 fully saturated rings. The molecule has 0 spiro atoms. The summed E-state index contributed by atoms with van der Waals surface area (Å²) in [5.74, 6) is -0.382. The maximum atomic E-state index is 11.7. The molecular formula is C11H21NO4. The molecule has 1 rings (SSSR count). The highest BCUT2D eigenvalue weighted by Gasteiger charge is 2.35. The van der Waals surface area contributed by atoms with Crippen LogP contribution in [0, 0.1) is 0 Å². The molecule has 5 heteroatoms. The zero-order chi connectivity index (χ0) is 12.4. The molecule has 5 nitrogen and oxygen atoms in total. The largest absolute Gasteiger partial charge is 0.388 e. The molecule has 0 radical (unpaired) electrons. The van der Waals surface area contributed by atoms with E-state index in [-0.39, 0.29) is 12.5 Å². The molecule has 0 aromatic carbocycles. The number of hydrogen-bond acceptors (Lipinski definition) is 4. The van der Waals surface area contributed by atoms with Crippen LogP contribution in [0.2, 0.25) is 0 Å². The van der Waals surface area contributed by atoms with Gasteiger partial charge in [-0.3, -0.25) is 4.79 Å². The quantitative estimate of drug-likeness (QED) is 0.703. The number of amides is 1. The van der Waals surface area contributed by atoms with Crippen molar-refractivity contribution in [2.45, 2.75) is 37.9 Å². The molecule has 2 N–H and O–H groups in total. The van der Waals surface area contributed by atoms with Crippen molar-refractivity contribution < 1.29 is 19.7 Å². The fourth-order valence-corrected chi connectivity index (χ4v) is 1.89. The molecule has 94 valence electrons. The van der Waals surface area contributed by atoms with Crippen LogP contribution in [-0.2, 0) is 9.53 Å². The van der Waals surface area contributed by atoms with Gasteiger partial charge in [-0.2, -0.15) is 0 Å². The number of hydrogen-bond donors (Lipinski definition) is 2. The van der Waals surface area contributed by atoms with Gasteiger partial charge < -0.3 is 19.8 Å². The fourth-order valence-electron chi connectivity index (χ4n) is 1.89. The summed E-state index contributed by atoms with van der Waals surface area (Å²) in [6, 6.07) is 0. The van der Waals surface area contributed by atoms with Gasteiger partial charge in [-0.05, 0) is 13.8 Å². The monoisotopic (exact) mass is 231 g/mol. The van der Waals surface area contributed by atoms with Crippen molar-refractivity contribution in [1.29, 1.82) is 0 Å². The molecule has 1 heterocycles. The molecule has 0 aromatic heterocycles. The summed E-state index contributed by atoms with van der Waals surface area (Å²) >= 11 is 0. The Balaban J connectivity index is 2.56. The van der Waals surface area contributed by atoms with E-state index in [0.717, 1.165) is 0 Å². The van der Waals surface area contributed by atoms with E-state index in [4.69, 9.17) is 4.74 Å².